The zero-order valence-electron chi connectivity index (χ0n) is 6.05. The van der Waals surface area contributed by atoms with E-state index in [4.69, 9.17) is 17.3 Å². The monoisotopic (exact) mass is 171 g/mol. The van der Waals surface area contributed by atoms with Gasteiger partial charge in [0.1, 0.15) is 5.75 Å². The van der Waals surface area contributed by atoms with Gasteiger partial charge in [-0.1, -0.05) is 23.7 Å². The first-order valence-electron chi connectivity index (χ1n) is 3.42. The molecule has 0 aliphatic rings. The predicted octanol–water partition coefficient (Wildman–Crippen LogP) is 1.55. The maximum Gasteiger partial charge on any atom is 0.137 e. The molecule has 0 spiro atoms. The Balaban J connectivity index is 2.96. The van der Waals surface area contributed by atoms with Crippen LogP contribution >= 0.6 is 11.6 Å². The molecule has 0 radical (unpaired) electrons. The fourth-order valence-corrected chi connectivity index (χ4v) is 1.11. The highest BCUT2D eigenvalue weighted by molar-refractivity contribution is 6.32. The molecule has 0 aliphatic heterocycles. The number of benzene rings is 1. The Morgan fingerprint density at radius 2 is 2.18 bits per heavy atom. The molecule has 1 aromatic rings. The molecule has 0 unspecified atom stereocenters. The van der Waals surface area contributed by atoms with E-state index in [1.165, 1.54) is 0 Å². The highest BCUT2D eigenvalue weighted by Gasteiger charge is 2.02. The van der Waals surface area contributed by atoms with Crippen molar-refractivity contribution < 1.29 is 5.11 Å². The molecule has 0 aliphatic carbocycles. The summed E-state index contributed by atoms with van der Waals surface area (Å²) in [5.74, 6) is 0.152. The Morgan fingerprint density at radius 3 is 2.82 bits per heavy atom. The average molecular weight is 172 g/mol. The minimum atomic E-state index is 0.152. The molecular weight excluding hydrogens is 162 g/mol. The normalized spacial score (nSPS) is 10.0. The van der Waals surface area contributed by atoms with Crippen molar-refractivity contribution in [3.05, 3.63) is 28.8 Å². The van der Waals surface area contributed by atoms with Crippen molar-refractivity contribution in [3.8, 4) is 5.75 Å². The van der Waals surface area contributed by atoms with E-state index >= 15 is 0 Å². The molecule has 3 N–H and O–H groups in total. The van der Waals surface area contributed by atoms with E-state index in [0.717, 1.165) is 5.56 Å². The summed E-state index contributed by atoms with van der Waals surface area (Å²) >= 11 is 5.66. The summed E-state index contributed by atoms with van der Waals surface area (Å²) in [6, 6.07) is 5.26. The highest BCUT2D eigenvalue weighted by atomic mass is 35.5. The first-order valence-corrected chi connectivity index (χ1v) is 3.80. The van der Waals surface area contributed by atoms with Crippen molar-refractivity contribution in [3.63, 3.8) is 0 Å². The quantitative estimate of drug-likeness (QED) is 0.709. The molecule has 11 heavy (non-hydrogen) atoms. The number of para-hydroxylation sites is 1. The summed E-state index contributed by atoms with van der Waals surface area (Å²) in [5.41, 5.74) is 6.13. The topological polar surface area (TPSA) is 46.2 Å². The molecule has 1 rings (SSSR count). The van der Waals surface area contributed by atoms with Gasteiger partial charge in [0, 0.05) is 0 Å². The standard InChI is InChI=1S/C8H10ClNO/c9-7-3-1-2-6(4-5-10)8(7)11/h1-3,11H,4-5,10H2. The van der Waals surface area contributed by atoms with Crippen LogP contribution in [0.15, 0.2) is 18.2 Å². The van der Waals surface area contributed by atoms with E-state index in [1.807, 2.05) is 6.07 Å². The second-order valence-electron chi connectivity index (χ2n) is 2.29. The Labute approximate surface area is 70.6 Å². The first kappa shape index (κ1) is 8.37. The average Bonchev–Trinajstić information content (AvgIpc) is 1.99. The van der Waals surface area contributed by atoms with Crippen LogP contribution in [0.25, 0.3) is 0 Å². The van der Waals surface area contributed by atoms with Crippen LogP contribution in [0.1, 0.15) is 5.56 Å². The van der Waals surface area contributed by atoms with Crippen LogP contribution in [0.5, 0.6) is 5.75 Å². The smallest absolute Gasteiger partial charge is 0.137 e. The van der Waals surface area contributed by atoms with Gasteiger partial charge in [0.25, 0.3) is 0 Å². The molecule has 0 atom stereocenters. The fourth-order valence-electron chi connectivity index (χ4n) is 0.917. The van der Waals surface area contributed by atoms with E-state index in [-0.39, 0.29) is 5.75 Å². The van der Waals surface area contributed by atoms with E-state index in [0.29, 0.717) is 18.0 Å². The molecular formula is C8H10ClNO. The van der Waals surface area contributed by atoms with E-state index in [2.05, 4.69) is 0 Å². The number of phenols is 1. The zero-order chi connectivity index (χ0) is 8.27. The molecule has 2 nitrogen and oxygen atoms in total. The lowest BCUT2D eigenvalue weighted by Crippen LogP contribution is -2.02. The van der Waals surface area contributed by atoms with Crippen LogP contribution in [0.3, 0.4) is 0 Å². The van der Waals surface area contributed by atoms with Crippen molar-refractivity contribution in [1.29, 1.82) is 0 Å². The Kier molecular flexibility index (Phi) is 2.74. The third-order valence-corrected chi connectivity index (χ3v) is 1.79. The van der Waals surface area contributed by atoms with E-state index in [1.54, 1.807) is 12.1 Å². The first-order chi connectivity index (χ1) is 5.25. The van der Waals surface area contributed by atoms with Crippen LogP contribution < -0.4 is 5.73 Å². The molecule has 0 saturated carbocycles. The molecule has 0 fully saturated rings. The van der Waals surface area contributed by atoms with Crippen molar-refractivity contribution in [2.75, 3.05) is 6.54 Å². The molecule has 60 valence electrons. The number of hydrogen-bond donors (Lipinski definition) is 2. The summed E-state index contributed by atoms with van der Waals surface area (Å²) in [5, 5.41) is 9.73. The third kappa shape index (κ3) is 1.85. The molecule has 3 heteroatoms. The van der Waals surface area contributed by atoms with Crippen LogP contribution in [-0.2, 0) is 6.42 Å². The van der Waals surface area contributed by atoms with Gasteiger partial charge in [0.2, 0.25) is 0 Å². The van der Waals surface area contributed by atoms with E-state index in [9.17, 15) is 5.11 Å². The minimum Gasteiger partial charge on any atom is -0.506 e. The summed E-state index contributed by atoms with van der Waals surface area (Å²) in [6.07, 6.45) is 0.659. The van der Waals surface area contributed by atoms with Crippen molar-refractivity contribution in [2.45, 2.75) is 6.42 Å². The largest absolute Gasteiger partial charge is 0.506 e. The maximum atomic E-state index is 9.34. The van der Waals surface area contributed by atoms with Gasteiger partial charge in [-0.15, -0.1) is 0 Å². The van der Waals surface area contributed by atoms with Gasteiger partial charge in [-0.25, -0.2) is 0 Å². The van der Waals surface area contributed by atoms with Gasteiger partial charge in [0.15, 0.2) is 0 Å². The zero-order valence-corrected chi connectivity index (χ0v) is 6.80. The van der Waals surface area contributed by atoms with Crippen molar-refractivity contribution >= 4 is 11.6 Å². The van der Waals surface area contributed by atoms with Gasteiger partial charge in [0.05, 0.1) is 5.02 Å². The Hall–Kier alpha value is -0.730. The number of hydrogen-bond acceptors (Lipinski definition) is 2. The van der Waals surface area contributed by atoms with Crippen LogP contribution in [0.2, 0.25) is 5.02 Å². The lowest BCUT2D eigenvalue weighted by molar-refractivity contribution is 0.468. The number of phenolic OH excluding ortho intramolecular Hbond substituents is 1. The number of rotatable bonds is 2. The van der Waals surface area contributed by atoms with Crippen LogP contribution in [-0.4, -0.2) is 11.7 Å². The fraction of sp³-hybridized carbons (Fsp3) is 0.250. The van der Waals surface area contributed by atoms with Gasteiger partial charge in [-0.05, 0) is 24.6 Å². The van der Waals surface area contributed by atoms with Gasteiger partial charge >= 0.3 is 0 Å². The number of aromatic hydroxyl groups is 1. The summed E-state index contributed by atoms with van der Waals surface area (Å²) in [4.78, 5) is 0. The molecule has 0 amide bonds. The minimum absolute atomic E-state index is 0.152. The molecule has 0 saturated heterocycles. The molecule has 0 bridgehead atoms. The summed E-state index contributed by atoms with van der Waals surface area (Å²) in [6.45, 7) is 0.522. The van der Waals surface area contributed by atoms with Gasteiger partial charge < -0.3 is 10.8 Å². The summed E-state index contributed by atoms with van der Waals surface area (Å²) < 4.78 is 0. The summed E-state index contributed by atoms with van der Waals surface area (Å²) in [7, 11) is 0. The molecule has 0 aromatic heterocycles. The van der Waals surface area contributed by atoms with E-state index < -0.39 is 0 Å². The Morgan fingerprint density at radius 1 is 1.45 bits per heavy atom. The van der Waals surface area contributed by atoms with Crippen molar-refractivity contribution in [2.24, 2.45) is 5.73 Å². The highest BCUT2D eigenvalue weighted by Crippen LogP contribution is 2.26. The molecule has 0 heterocycles. The van der Waals surface area contributed by atoms with Crippen molar-refractivity contribution in [1.82, 2.24) is 0 Å². The predicted molar refractivity (Wildman–Crippen MR) is 45.9 cm³/mol. The lowest BCUT2D eigenvalue weighted by atomic mass is 10.1. The second kappa shape index (κ2) is 3.60. The molecule has 1 aromatic carbocycles. The lowest BCUT2D eigenvalue weighted by Gasteiger charge is -2.02. The van der Waals surface area contributed by atoms with Crippen LogP contribution in [0.4, 0.5) is 0 Å². The van der Waals surface area contributed by atoms with Crippen LogP contribution in [0, 0.1) is 0 Å². The van der Waals surface area contributed by atoms with Gasteiger partial charge in [-0.2, -0.15) is 0 Å². The number of halogens is 1. The second-order valence-corrected chi connectivity index (χ2v) is 2.69. The number of nitrogens with two attached hydrogens (primary N) is 1. The van der Waals surface area contributed by atoms with Gasteiger partial charge in [-0.3, -0.25) is 0 Å². The maximum absolute atomic E-state index is 9.34. The third-order valence-electron chi connectivity index (χ3n) is 1.48. The SMILES string of the molecule is NCCc1cccc(Cl)c1O. The Bertz CT molecular complexity index is 250.